The number of benzene rings is 1. The van der Waals surface area contributed by atoms with Crippen LogP contribution < -0.4 is 5.32 Å². The van der Waals surface area contributed by atoms with Crippen LogP contribution in [0, 0.1) is 0 Å². The van der Waals surface area contributed by atoms with Gasteiger partial charge in [0, 0.05) is 23.8 Å². The highest BCUT2D eigenvalue weighted by Crippen LogP contribution is 2.18. The number of pyridine rings is 1. The van der Waals surface area contributed by atoms with Gasteiger partial charge in [-0.2, -0.15) is 0 Å². The fourth-order valence-electron chi connectivity index (χ4n) is 1.55. The van der Waals surface area contributed by atoms with E-state index in [0.717, 1.165) is 11.4 Å². The van der Waals surface area contributed by atoms with Crippen molar-refractivity contribution < 1.29 is 4.79 Å². The molecule has 1 atom stereocenters. The average Bonchev–Trinajstić information content (AvgIpc) is 2.47. The molecule has 19 heavy (non-hydrogen) atoms. The van der Waals surface area contributed by atoms with Crippen molar-refractivity contribution in [2.75, 3.05) is 5.32 Å². The summed E-state index contributed by atoms with van der Waals surface area (Å²) in [6.45, 7) is 1.92. The van der Waals surface area contributed by atoms with E-state index in [4.69, 9.17) is 0 Å². The smallest absolute Gasteiger partial charge is 0.237 e. The highest BCUT2D eigenvalue weighted by molar-refractivity contribution is 7.99. The van der Waals surface area contributed by atoms with Crippen molar-refractivity contribution in [1.82, 2.24) is 4.98 Å². The van der Waals surface area contributed by atoms with Crippen LogP contribution in [-0.4, -0.2) is 16.1 Å². The Morgan fingerprint density at radius 2 is 1.89 bits per heavy atom. The Labute approximate surface area is 117 Å². The molecule has 4 heteroatoms. The largest absolute Gasteiger partial charge is 0.325 e. The topological polar surface area (TPSA) is 42.0 Å². The minimum Gasteiger partial charge on any atom is -0.325 e. The lowest BCUT2D eigenvalue weighted by Gasteiger charge is -2.11. The number of anilines is 1. The molecular formula is C15H16N2OS. The van der Waals surface area contributed by atoms with Crippen LogP contribution in [0.1, 0.15) is 12.5 Å². The van der Waals surface area contributed by atoms with E-state index in [-0.39, 0.29) is 11.2 Å². The van der Waals surface area contributed by atoms with Gasteiger partial charge >= 0.3 is 0 Å². The van der Waals surface area contributed by atoms with E-state index in [9.17, 15) is 4.79 Å². The van der Waals surface area contributed by atoms with E-state index in [1.54, 1.807) is 36.3 Å². The normalized spacial score (nSPS) is 11.8. The number of nitrogens with zero attached hydrogens (tertiary/aromatic N) is 1. The summed E-state index contributed by atoms with van der Waals surface area (Å²) in [6.07, 6.45) is 3.33. The summed E-state index contributed by atoms with van der Waals surface area (Å²) in [7, 11) is 0. The van der Waals surface area contributed by atoms with Gasteiger partial charge in [-0.1, -0.05) is 30.3 Å². The monoisotopic (exact) mass is 272 g/mol. The Bertz CT molecular complexity index is 516. The van der Waals surface area contributed by atoms with Crippen molar-refractivity contribution in [3.63, 3.8) is 0 Å². The maximum atomic E-state index is 12.0. The number of carbonyl (C=O) groups excluding carboxylic acids is 1. The Balaban J connectivity index is 1.83. The molecule has 0 bridgehead atoms. The van der Waals surface area contributed by atoms with Gasteiger partial charge in [0.05, 0.1) is 5.25 Å². The van der Waals surface area contributed by atoms with Crippen molar-refractivity contribution in [1.29, 1.82) is 0 Å². The van der Waals surface area contributed by atoms with E-state index in [1.165, 1.54) is 5.56 Å². The van der Waals surface area contributed by atoms with Gasteiger partial charge in [-0.05, 0) is 24.6 Å². The Morgan fingerprint density at radius 1 is 1.21 bits per heavy atom. The molecule has 0 aliphatic heterocycles. The molecule has 1 heterocycles. The molecule has 0 spiro atoms. The maximum Gasteiger partial charge on any atom is 0.237 e. The maximum absolute atomic E-state index is 12.0. The number of nitrogens with one attached hydrogen (secondary N) is 1. The van der Waals surface area contributed by atoms with Crippen LogP contribution in [-0.2, 0) is 10.5 Å². The second-order valence-electron chi connectivity index (χ2n) is 4.16. The number of amides is 1. The van der Waals surface area contributed by atoms with Gasteiger partial charge in [-0.3, -0.25) is 9.78 Å². The first-order valence-electron chi connectivity index (χ1n) is 6.12. The standard InChI is InChI=1S/C15H16N2OS/c1-12(19-11-13-5-3-2-4-6-13)15(18)17-14-7-9-16-10-8-14/h2-10,12H,11H2,1H3,(H,16,17,18). The van der Waals surface area contributed by atoms with E-state index in [1.807, 2.05) is 25.1 Å². The lowest BCUT2D eigenvalue weighted by Crippen LogP contribution is -2.22. The number of carbonyl (C=O) groups is 1. The van der Waals surface area contributed by atoms with Crippen LogP contribution in [0.15, 0.2) is 54.9 Å². The Hall–Kier alpha value is -1.81. The second kappa shape index (κ2) is 6.95. The molecule has 0 fully saturated rings. The molecule has 1 unspecified atom stereocenters. The summed E-state index contributed by atoms with van der Waals surface area (Å²) in [5, 5.41) is 2.79. The first-order chi connectivity index (χ1) is 9.25. The molecule has 0 saturated heterocycles. The van der Waals surface area contributed by atoms with Crippen molar-refractivity contribution >= 4 is 23.4 Å². The third kappa shape index (κ3) is 4.41. The quantitative estimate of drug-likeness (QED) is 0.907. The number of hydrogen-bond acceptors (Lipinski definition) is 3. The molecule has 0 aliphatic rings. The van der Waals surface area contributed by atoms with Crippen molar-refractivity contribution in [2.45, 2.75) is 17.9 Å². The highest BCUT2D eigenvalue weighted by atomic mass is 32.2. The van der Waals surface area contributed by atoms with Crippen LogP contribution in [0.2, 0.25) is 0 Å². The summed E-state index contributed by atoms with van der Waals surface area (Å²) in [4.78, 5) is 15.9. The summed E-state index contributed by atoms with van der Waals surface area (Å²) in [6, 6.07) is 13.7. The average molecular weight is 272 g/mol. The number of thioether (sulfide) groups is 1. The zero-order chi connectivity index (χ0) is 13.5. The van der Waals surface area contributed by atoms with Gasteiger partial charge in [0.2, 0.25) is 5.91 Å². The second-order valence-corrected chi connectivity index (χ2v) is 5.49. The zero-order valence-corrected chi connectivity index (χ0v) is 11.6. The summed E-state index contributed by atoms with van der Waals surface area (Å²) in [5.74, 6) is 0.860. The minimum absolute atomic E-state index is 0.0205. The third-order valence-corrected chi connectivity index (χ3v) is 3.87. The summed E-state index contributed by atoms with van der Waals surface area (Å²) < 4.78 is 0. The molecule has 1 amide bonds. The van der Waals surface area contributed by atoms with E-state index < -0.39 is 0 Å². The Kier molecular flexibility index (Phi) is 4.98. The van der Waals surface area contributed by atoms with Crippen LogP contribution in [0.25, 0.3) is 0 Å². The van der Waals surface area contributed by atoms with Crippen molar-refractivity contribution in [3.8, 4) is 0 Å². The molecule has 0 aliphatic carbocycles. The third-order valence-electron chi connectivity index (χ3n) is 2.66. The first-order valence-corrected chi connectivity index (χ1v) is 7.17. The van der Waals surface area contributed by atoms with Crippen LogP contribution in [0.4, 0.5) is 5.69 Å². The van der Waals surface area contributed by atoms with Gasteiger partial charge in [-0.15, -0.1) is 11.8 Å². The fraction of sp³-hybridized carbons (Fsp3) is 0.200. The Morgan fingerprint density at radius 3 is 2.58 bits per heavy atom. The van der Waals surface area contributed by atoms with Gasteiger partial charge in [0.1, 0.15) is 0 Å². The van der Waals surface area contributed by atoms with Gasteiger partial charge < -0.3 is 5.32 Å². The lowest BCUT2D eigenvalue weighted by atomic mass is 10.2. The highest BCUT2D eigenvalue weighted by Gasteiger charge is 2.13. The lowest BCUT2D eigenvalue weighted by molar-refractivity contribution is -0.115. The molecule has 1 N–H and O–H groups in total. The SMILES string of the molecule is CC(SCc1ccccc1)C(=O)Nc1ccncc1. The van der Waals surface area contributed by atoms with Crippen LogP contribution >= 0.6 is 11.8 Å². The summed E-state index contributed by atoms with van der Waals surface area (Å²) in [5.41, 5.74) is 2.02. The molecule has 2 rings (SSSR count). The predicted molar refractivity (Wildman–Crippen MR) is 80.1 cm³/mol. The molecule has 3 nitrogen and oxygen atoms in total. The molecule has 98 valence electrons. The zero-order valence-electron chi connectivity index (χ0n) is 10.7. The summed E-state index contributed by atoms with van der Waals surface area (Å²) >= 11 is 1.63. The van der Waals surface area contributed by atoms with Crippen LogP contribution in [0.5, 0.6) is 0 Å². The molecule has 2 aromatic rings. The number of hydrogen-bond donors (Lipinski definition) is 1. The predicted octanol–water partition coefficient (Wildman–Crippen LogP) is 3.34. The van der Waals surface area contributed by atoms with Gasteiger partial charge in [-0.25, -0.2) is 0 Å². The first kappa shape index (κ1) is 13.6. The van der Waals surface area contributed by atoms with Crippen LogP contribution in [0.3, 0.4) is 0 Å². The number of aromatic nitrogens is 1. The van der Waals surface area contributed by atoms with E-state index in [0.29, 0.717) is 0 Å². The van der Waals surface area contributed by atoms with E-state index >= 15 is 0 Å². The molecule has 0 radical (unpaired) electrons. The van der Waals surface area contributed by atoms with Crippen molar-refractivity contribution in [3.05, 3.63) is 60.4 Å². The molecule has 1 aromatic carbocycles. The molecule has 0 saturated carbocycles. The molecular weight excluding hydrogens is 256 g/mol. The van der Waals surface area contributed by atoms with E-state index in [2.05, 4.69) is 22.4 Å². The van der Waals surface area contributed by atoms with Gasteiger partial charge in [0.15, 0.2) is 0 Å². The fourth-order valence-corrected chi connectivity index (χ4v) is 2.40. The van der Waals surface area contributed by atoms with Gasteiger partial charge in [0.25, 0.3) is 0 Å². The van der Waals surface area contributed by atoms with Crippen molar-refractivity contribution in [2.24, 2.45) is 0 Å². The minimum atomic E-state index is -0.0895. The molecule has 1 aromatic heterocycles. The number of rotatable bonds is 5.